The van der Waals surface area contributed by atoms with Gasteiger partial charge in [0.15, 0.2) is 0 Å². The Morgan fingerprint density at radius 3 is 2.33 bits per heavy atom. The van der Waals surface area contributed by atoms with Gasteiger partial charge in [0.05, 0.1) is 0 Å². The molecule has 0 unspecified atom stereocenters. The minimum absolute atomic E-state index is 0.0493. The van der Waals surface area contributed by atoms with E-state index < -0.39 is 0 Å². The first-order valence-corrected chi connectivity index (χ1v) is 10.5. The molecule has 1 fully saturated rings. The van der Waals surface area contributed by atoms with E-state index in [1.54, 1.807) is 36.0 Å². The molecular weight excluding hydrogens is 358 g/mol. The highest BCUT2D eigenvalue weighted by atomic mass is 32.2. The van der Waals surface area contributed by atoms with Gasteiger partial charge in [0, 0.05) is 27.9 Å². The number of benzene rings is 2. The number of nitrogens with one attached hydrogen (secondary N) is 3. The second-order valence-electron chi connectivity index (χ2n) is 6.70. The lowest BCUT2D eigenvalue weighted by molar-refractivity contribution is 0.0927. The second kappa shape index (κ2) is 9.46. The van der Waals surface area contributed by atoms with Crippen molar-refractivity contribution in [2.75, 3.05) is 16.9 Å². The first kappa shape index (κ1) is 19.3. The molecule has 27 heavy (non-hydrogen) atoms. The fourth-order valence-corrected chi connectivity index (χ4v) is 3.67. The molecule has 0 aromatic heterocycles. The van der Waals surface area contributed by atoms with Gasteiger partial charge in [-0.15, -0.1) is 11.8 Å². The van der Waals surface area contributed by atoms with Crippen molar-refractivity contribution in [2.45, 2.75) is 43.0 Å². The smallest absolute Gasteiger partial charge is 0.323 e. The molecule has 2 aromatic carbocycles. The minimum Gasteiger partial charge on any atom is -0.349 e. The number of carbonyl (C=O) groups is 2. The summed E-state index contributed by atoms with van der Waals surface area (Å²) in [5, 5.41) is 8.70. The van der Waals surface area contributed by atoms with Gasteiger partial charge in [0.2, 0.25) is 0 Å². The first-order valence-electron chi connectivity index (χ1n) is 9.27. The van der Waals surface area contributed by atoms with E-state index in [0.717, 1.165) is 23.4 Å². The maximum absolute atomic E-state index is 12.3. The van der Waals surface area contributed by atoms with Crippen LogP contribution in [0.15, 0.2) is 53.4 Å². The number of anilines is 2. The number of carbonyl (C=O) groups excluding carboxylic acids is 2. The van der Waals surface area contributed by atoms with Crippen LogP contribution in [0.25, 0.3) is 0 Å². The number of hydrogen-bond donors (Lipinski definition) is 3. The Morgan fingerprint density at radius 1 is 0.926 bits per heavy atom. The molecule has 0 aliphatic heterocycles. The molecule has 0 heterocycles. The minimum atomic E-state index is -0.312. The van der Waals surface area contributed by atoms with E-state index in [1.807, 2.05) is 30.5 Å². The number of amides is 3. The van der Waals surface area contributed by atoms with Crippen LogP contribution in [0.5, 0.6) is 0 Å². The zero-order chi connectivity index (χ0) is 19.1. The van der Waals surface area contributed by atoms with E-state index in [2.05, 4.69) is 16.0 Å². The predicted molar refractivity (Wildman–Crippen MR) is 112 cm³/mol. The van der Waals surface area contributed by atoms with Gasteiger partial charge in [-0.2, -0.15) is 0 Å². The molecule has 6 heteroatoms. The molecule has 3 rings (SSSR count). The number of hydrogen-bond acceptors (Lipinski definition) is 3. The molecule has 3 amide bonds. The van der Waals surface area contributed by atoms with Crippen molar-refractivity contribution < 1.29 is 9.59 Å². The molecular formula is C21H25N3O2S. The predicted octanol–water partition coefficient (Wildman–Crippen LogP) is 5.12. The zero-order valence-corrected chi connectivity index (χ0v) is 16.3. The van der Waals surface area contributed by atoms with Crippen molar-refractivity contribution in [1.82, 2.24) is 5.32 Å². The number of urea groups is 1. The van der Waals surface area contributed by atoms with Crippen LogP contribution in [0.4, 0.5) is 16.2 Å². The lowest BCUT2D eigenvalue weighted by Gasteiger charge is -2.22. The van der Waals surface area contributed by atoms with E-state index in [-0.39, 0.29) is 18.0 Å². The summed E-state index contributed by atoms with van der Waals surface area (Å²) in [7, 11) is 0. The van der Waals surface area contributed by atoms with Gasteiger partial charge in [-0.05, 0) is 61.6 Å². The van der Waals surface area contributed by atoms with Gasteiger partial charge in [-0.1, -0.05) is 25.3 Å². The highest BCUT2D eigenvalue weighted by molar-refractivity contribution is 7.98. The lowest BCUT2D eigenvalue weighted by atomic mass is 9.95. The van der Waals surface area contributed by atoms with Gasteiger partial charge in [-0.3, -0.25) is 4.79 Å². The topological polar surface area (TPSA) is 70.2 Å². The van der Waals surface area contributed by atoms with Gasteiger partial charge < -0.3 is 16.0 Å². The van der Waals surface area contributed by atoms with Gasteiger partial charge in [-0.25, -0.2) is 4.79 Å². The summed E-state index contributed by atoms with van der Waals surface area (Å²) in [5.74, 6) is -0.0493. The van der Waals surface area contributed by atoms with E-state index >= 15 is 0 Å². The average Bonchev–Trinajstić information content (AvgIpc) is 2.69. The van der Waals surface area contributed by atoms with Crippen molar-refractivity contribution in [3.63, 3.8) is 0 Å². The van der Waals surface area contributed by atoms with Crippen molar-refractivity contribution in [3.05, 3.63) is 54.1 Å². The fraction of sp³-hybridized carbons (Fsp3) is 0.333. The Kier molecular flexibility index (Phi) is 6.76. The van der Waals surface area contributed by atoms with Crippen LogP contribution in [0, 0.1) is 0 Å². The highest BCUT2D eigenvalue weighted by Crippen LogP contribution is 2.20. The zero-order valence-electron chi connectivity index (χ0n) is 15.5. The standard InChI is InChI=1S/C21H25N3O2S/c1-27-19-9-5-8-18(14-19)24-21(26)23-17-12-10-15(11-13-17)20(25)22-16-6-3-2-4-7-16/h5,8-14,16H,2-4,6-7H2,1H3,(H,22,25)(H2,23,24,26). The molecule has 0 radical (unpaired) electrons. The summed E-state index contributed by atoms with van der Waals surface area (Å²) in [4.78, 5) is 25.6. The maximum atomic E-state index is 12.3. The molecule has 5 nitrogen and oxygen atoms in total. The molecule has 142 valence electrons. The van der Waals surface area contributed by atoms with E-state index in [0.29, 0.717) is 11.3 Å². The molecule has 1 saturated carbocycles. The van der Waals surface area contributed by atoms with Crippen LogP contribution in [0.1, 0.15) is 42.5 Å². The van der Waals surface area contributed by atoms with Gasteiger partial charge in [0.1, 0.15) is 0 Å². The average molecular weight is 384 g/mol. The van der Waals surface area contributed by atoms with Crippen LogP contribution in [0.3, 0.4) is 0 Å². The SMILES string of the molecule is CSc1cccc(NC(=O)Nc2ccc(C(=O)NC3CCCCC3)cc2)c1. The Bertz CT molecular complexity index is 786. The van der Waals surface area contributed by atoms with Gasteiger partial charge >= 0.3 is 6.03 Å². The molecule has 1 aliphatic carbocycles. The fourth-order valence-electron chi connectivity index (χ4n) is 3.21. The summed E-state index contributed by atoms with van der Waals surface area (Å²) >= 11 is 1.62. The molecule has 3 N–H and O–H groups in total. The van der Waals surface area contributed by atoms with Crippen LogP contribution >= 0.6 is 11.8 Å². The summed E-state index contributed by atoms with van der Waals surface area (Å²) in [5.41, 5.74) is 1.99. The van der Waals surface area contributed by atoms with Crippen LogP contribution in [-0.2, 0) is 0 Å². The Labute approximate surface area is 164 Å². The van der Waals surface area contributed by atoms with Crippen LogP contribution in [0.2, 0.25) is 0 Å². The monoisotopic (exact) mass is 383 g/mol. The van der Waals surface area contributed by atoms with Crippen molar-refractivity contribution in [1.29, 1.82) is 0 Å². The van der Waals surface area contributed by atoms with E-state index in [4.69, 9.17) is 0 Å². The third-order valence-electron chi connectivity index (χ3n) is 4.67. The second-order valence-corrected chi connectivity index (χ2v) is 7.58. The lowest BCUT2D eigenvalue weighted by Crippen LogP contribution is -2.36. The van der Waals surface area contributed by atoms with Crippen molar-refractivity contribution in [2.24, 2.45) is 0 Å². The first-order chi connectivity index (χ1) is 13.1. The quantitative estimate of drug-likeness (QED) is 0.628. The third kappa shape index (κ3) is 5.76. The number of rotatable bonds is 5. The largest absolute Gasteiger partial charge is 0.349 e. The molecule has 0 spiro atoms. The molecule has 1 aliphatic rings. The molecule has 0 bridgehead atoms. The summed E-state index contributed by atoms with van der Waals surface area (Å²) in [6, 6.07) is 14.6. The third-order valence-corrected chi connectivity index (χ3v) is 5.40. The Hall–Kier alpha value is -2.47. The number of thioether (sulfide) groups is 1. The molecule has 2 aromatic rings. The molecule has 0 atom stereocenters. The van der Waals surface area contributed by atoms with Crippen LogP contribution < -0.4 is 16.0 Å². The summed E-state index contributed by atoms with van der Waals surface area (Å²) < 4.78 is 0. The van der Waals surface area contributed by atoms with Crippen molar-refractivity contribution >= 4 is 35.1 Å². The van der Waals surface area contributed by atoms with Crippen LogP contribution in [-0.4, -0.2) is 24.2 Å². The maximum Gasteiger partial charge on any atom is 0.323 e. The Balaban J connectivity index is 1.53. The molecule has 0 saturated heterocycles. The normalized spacial score (nSPS) is 14.4. The highest BCUT2D eigenvalue weighted by Gasteiger charge is 2.16. The Morgan fingerprint density at radius 2 is 1.63 bits per heavy atom. The van der Waals surface area contributed by atoms with Crippen molar-refractivity contribution in [3.8, 4) is 0 Å². The summed E-state index contributed by atoms with van der Waals surface area (Å²) in [6.45, 7) is 0. The van der Waals surface area contributed by atoms with E-state index in [1.165, 1.54) is 19.3 Å². The van der Waals surface area contributed by atoms with Gasteiger partial charge in [0.25, 0.3) is 5.91 Å². The summed E-state index contributed by atoms with van der Waals surface area (Å²) in [6.07, 6.45) is 7.74. The van der Waals surface area contributed by atoms with E-state index in [9.17, 15) is 9.59 Å².